The predicted octanol–water partition coefficient (Wildman–Crippen LogP) is 1.81. The van der Waals surface area contributed by atoms with E-state index in [2.05, 4.69) is 20.6 Å². The van der Waals surface area contributed by atoms with Crippen molar-refractivity contribution in [1.82, 2.24) is 20.2 Å². The van der Waals surface area contributed by atoms with Gasteiger partial charge in [-0.1, -0.05) is 0 Å². The number of hydrogen-bond donors (Lipinski definition) is 2. The van der Waals surface area contributed by atoms with E-state index in [9.17, 15) is 4.79 Å². The number of likely N-dealkylation sites (N-methyl/N-ethyl adjacent to an activating group) is 1. The van der Waals surface area contributed by atoms with E-state index in [1.54, 1.807) is 24.3 Å². The SMILES string of the molecule is Cc1ncc(C(=O)N(C)C2CCCNC2)c(NCc2ccco2)n1. The number of nitrogens with zero attached hydrogens (tertiary/aromatic N) is 3. The summed E-state index contributed by atoms with van der Waals surface area (Å²) in [6.07, 6.45) is 5.31. The number of furan rings is 1. The Balaban J connectivity index is 1.76. The summed E-state index contributed by atoms with van der Waals surface area (Å²) >= 11 is 0. The van der Waals surface area contributed by atoms with Crippen LogP contribution in [-0.4, -0.2) is 47.0 Å². The average Bonchev–Trinajstić information content (AvgIpc) is 3.13. The molecule has 7 heteroatoms. The van der Waals surface area contributed by atoms with E-state index >= 15 is 0 Å². The van der Waals surface area contributed by atoms with Crippen LogP contribution in [0.2, 0.25) is 0 Å². The van der Waals surface area contributed by atoms with Crippen molar-refractivity contribution < 1.29 is 9.21 Å². The molecule has 1 amide bonds. The van der Waals surface area contributed by atoms with Gasteiger partial charge in [-0.2, -0.15) is 0 Å². The number of amides is 1. The van der Waals surface area contributed by atoms with E-state index in [1.807, 2.05) is 19.2 Å². The normalized spacial score (nSPS) is 17.5. The van der Waals surface area contributed by atoms with Crippen molar-refractivity contribution in [3.63, 3.8) is 0 Å². The molecule has 0 radical (unpaired) electrons. The van der Waals surface area contributed by atoms with Crippen LogP contribution in [0.3, 0.4) is 0 Å². The van der Waals surface area contributed by atoms with Crippen molar-refractivity contribution in [2.24, 2.45) is 0 Å². The van der Waals surface area contributed by atoms with E-state index in [1.165, 1.54) is 0 Å². The topological polar surface area (TPSA) is 83.3 Å². The molecular weight excluding hydrogens is 306 g/mol. The molecule has 128 valence electrons. The lowest BCUT2D eigenvalue weighted by Crippen LogP contribution is -2.46. The lowest BCUT2D eigenvalue weighted by Gasteiger charge is -2.32. The highest BCUT2D eigenvalue weighted by atomic mass is 16.3. The van der Waals surface area contributed by atoms with Gasteiger partial charge < -0.3 is 20.0 Å². The lowest BCUT2D eigenvalue weighted by atomic mass is 10.1. The zero-order valence-corrected chi connectivity index (χ0v) is 14.1. The second kappa shape index (κ2) is 7.44. The third kappa shape index (κ3) is 3.73. The fourth-order valence-corrected chi connectivity index (χ4v) is 2.87. The van der Waals surface area contributed by atoms with Gasteiger partial charge in [0.2, 0.25) is 0 Å². The maximum absolute atomic E-state index is 12.9. The minimum atomic E-state index is -0.0642. The van der Waals surface area contributed by atoms with Crippen LogP contribution in [0, 0.1) is 6.92 Å². The molecule has 2 aromatic rings. The van der Waals surface area contributed by atoms with Gasteiger partial charge in [-0.15, -0.1) is 0 Å². The maximum Gasteiger partial charge on any atom is 0.259 e. The summed E-state index contributed by atoms with van der Waals surface area (Å²) in [5.41, 5.74) is 0.486. The van der Waals surface area contributed by atoms with Crippen molar-refractivity contribution in [3.05, 3.63) is 41.7 Å². The first-order valence-corrected chi connectivity index (χ1v) is 8.23. The monoisotopic (exact) mass is 329 g/mol. The summed E-state index contributed by atoms with van der Waals surface area (Å²) in [6, 6.07) is 3.91. The Labute approximate surface area is 141 Å². The molecule has 24 heavy (non-hydrogen) atoms. The Morgan fingerprint density at radius 1 is 1.54 bits per heavy atom. The minimum Gasteiger partial charge on any atom is -0.467 e. The van der Waals surface area contributed by atoms with Crippen molar-refractivity contribution in [2.45, 2.75) is 32.4 Å². The summed E-state index contributed by atoms with van der Waals surface area (Å²) < 4.78 is 5.32. The number of hydrogen-bond acceptors (Lipinski definition) is 6. The molecule has 1 unspecified atom stereocenters. The van der Waals surface area contributed by atoms with Crippen molar-refractivity contribution in [1.29, 1.82) is 0 Å². The number of anilines is 1. The first kappa shape index (κ1) is 16.4. The zero-order valence-electron chi connectivity index (χ0n) is 14.1. The molecule has 0 bridgehead atoms. The molecule has 3 heterocycles. The maximum atomic E-state index is 12.9. The molecule has 1 atom stereocenters. The van der Waals surface area contributed by atoms with Crippen molar-refractivity contribution in [3.8, 4) is 0 Å². The Bertz CT molecular complexity index is 680. The van der Waals surface area contributed by atoms with Gasteiger partial charge in [-0.05, 0) is 38.4 Å². The molecule has 3 rings (SSSR count). The highest BCUT2D eigenvalue weighted by Gasteiger charge is 2.25. The smallest absolute Gasteiger partial charge is 0.259 e. The Hall–Kier alpha value is -2.41. The molecule has 1 fully saturated rings. The van der Waals surface area contributed by atoms with E-state index in [0.717, 1.165) is 31.7 Å². The second-order valence-electron chi connectivity index (χ2n) is 6.03. The van der Waals surface area contributed by atoms with Crippen LogP contribution in [-0.2, 0) is 6.54 Å². The summed E-state index contributed by atoms with van der Waals surface area (Å²) in [7, 11) is 1.84. The number of rotatable bonds is 5. The van der Waals surface area contributed by atoms with Gasteiger partial charge in [0.1, 0.15) is 23.0 Å². The number of aryl methyl sites for hydroxylation is 1. The Morgan fingerprint density at radius 3 is 3.12 bits per heavy atom. The zero-order chi connectivity index (χ0) is 16.9. The molecule has 1 aliphatic rings. The first-order valence-electron chi connectivity index (χ1n) is 8.23. The molecular formula is C17H23N5O2. The van der Waals surface area contributed by atoms with E-state index in [0.29, 0.717) is 23.8 Å². The molecule has 7 nitrogen and oxygen atoms in total. The van der Waals surface area contributed by atoms with Gasteiger partial charge in [0.05, 0.1) is 12.8 Å². The number of aromatic nitrogens is 2. The number of nitrogens with one attached hydrogen (secondary N) is 2. The molecule has 2 N–H and O–H groups in total. The summed E-state index contributed by atoms with van der Waals surface area (Å²) in [4.78, 5) is 23.3. The van der Waals surface area contributed by atoms with Gasteiger partial charge in [0, 0.05) is 25.8 Å². The number of carbonyl (C=O) groups excluding carboxylic acids is 1. The van der Waals surface area contributed by atoms with Crippen LogP contribution in [0.15, 0.2) is 29.0 Å². The van der Waals surface area contributed by atoms with Gasteiger partial charge in [-0.3, -0.25) is 4.79 Å². The van der Waals surface area contributed by atoms with Crippen molar-refractivity contribution >= 4 is 11.7 Å². The fourth-order valence-electron chi connectivity index (χ4n) is 2.87. The molecule has 0 aromatic carbocycles. The quantitative estimate of drug-likeness (QED) is 0.870. The predicted molar refractivity (Wildman–Crippen MR) is 90.8 cm³/mol. The van der Waals surface area contributed by atoms with Crippen LogP contribution in [0.5, 0.6) is 0 Å². The number of carbonyl (C=O) groups is 1. The molecule has 2 aromatic heterocycles. The fraction of sp³-hybridized carbons (Fsp3) is 0.471. The Kier molecular flexibility index (Phi) is 5.10. The molecule has 0 spiro atoms. The van der Waals surface area contributed by atoms with Crippen LogP contribution in [0.25, 0.3) is 0 Å². The van der Waals surface area contributed by atoms with E-state index in [4.69, 9.17) is 4.42 Å². The molecule has 0 aliphatic carbocycles. The molecule has 1 saturated heterocycles. The third-order valence-corrected chi connectivity index (χ3v) is 4.29. The van der Waals surface area contributed by atoms with E-state index < -0.39 is 0 Å². The largest absolute Gasteiger partial charge is 0.467 e. The Morgan fingerprint density at radius 2 is 2.42 bits per heavy atom. The first-order chi connectivity index (χ1) is 11.6. The van der Waals surface area contributed by atoms with Gasteiger partial charge in [0.15, 0.2) is 0 Å². The summed E-state index contributed by atoms with van der Waals surface area (Å²) in [6.45, 7) is 4.12. The van der Waals surface area contributed by atoms with Crippen LogP contribution < -0.4 is 10.6 Å². The van der Waals surface area contributed by atoms with Crippen LogP contribution >= 0.6 is 0 Å². The van der Waals surface area contributed by atoms with E-state index in [-0.39, 0.29) is 11.9 Å². The molecule has 0 saturated carbocycles. The van der Waals surface area contributed by atoms with Crippen LogP contribution in [0.1, 0.15) is 34.8 Å². The number of piperidine rings is 1. The standard InChI is InChI=1S/C17H23N5O2/c1-12-19-11-15(16(21-12)20-10-14-6-4-8-24-14)17(23)22(2)13-5-3-7-18-9-13/h4,6,8,11,13,18H,3,5,7,9-10H2,1-2H3,(H,19,20,21). The highest BCUT2D eigenvalue weighted by molar-refractivity contribution is 5.98. The van der Waals surface area contributed by atoms with Gasteiger partial charge in [-0.25, -0.2) is 9.97 Å². The summed E-state index contributed by atoms with van der Waals surface area (Å²) in [5.74, 6) is 1.88. The van der Waals surface area contributed by atoms with Gasteiger partial charge >= 0.3 is 0 Å². The van der Waals surface area contributed by atoms with Gasteiger partial charge in [0.25, 0.3) is 5.91 Å². The lowest BCUT2D eigenvalue weighted by molar-refractivity contribution is 0.0708. The average molecular weight is 329 g/mol. The summed E-state index contributed by atoms with van der Waals surface area (Å²) in [5, 5.41) is 6.52. The second-order valence-corrected chi connectivity index (χ2v) is 6.03. The van der Waals surface area contributed by atoms with Crippen molar-refractivity contribution in [2.75, 3.05) is 25.5 Å². The highest BCUT2D eigenvalue weighted by Crippen LogP contribution is 2.18. The molecule has 1 aliphatic heterocycles. The van der Waals surface area contributed by atoms with Crippen LogP contribution in [0.4, 0.5) is 5.82 Å². The minimum absolute atomic E-state index is 0.0642. The third-order valence-electron chi connectivity index (χ3n) is 4.29.